The molecule has 4 nitrogen and oxygen atoms in total. The number of carbonyl (C=O) groups is 1. The minimum atomic E-state index is -0.215. The molecule has 0 spiro atoms. The number of carbonyl (C=O) groups excluding carboxylic acids is 1. The summed E-state index contributed by atoms with van der Waals surface area (Å²) in [6.07, 6.45) is 0.866. The van der Waals surface area contributed by atoms with Crippen molar-refractivity contribution in [2.45, 2.75) is 46.2 Å². The Bertz CT molecular complexity index is 475. The summed E-state index contributed by atoms with van der Waals surface area (Å²) in [5.41, 5.74) is 0.736. The van der Waals surface area contributed by atoms with E-state index in [1.807, 2.05) is 33.8 Å². The number of benzene rings is 1. The van der Waals surface area contributed by atoms with Gasteiger partial charge in [-0.05, 0) is 45.0 Å². The molecule has 1 rings (SSSR count). The van der Waals surface area contributed by atoms with E-state index in [-0.39, 0.29) is 18.1 Å². The first-order chi connectivity index (χ1) is 9.88. The van der Waals surface area contributed by atoms with Gasteiger partial charge in [0, 0.05) is 22.7 Å². The topological polar surface area (TPSA) is 50.4 Å². The van der Waals surface area contributed by atoms with Gasteiger partial charge in [0.15, 0.2) is 6.61 Å². The van der Waals surface area contributed by atoms with Gasteiger partial charge in [0.1, 0.15) is 5.75 Å². The first-order valence-corrected chi connectivity index (χ1v) is 7.68. The van der Waals surface area contributed by atoms with E-state index in [1.54, 1.807) is 12.1 Å². The summed E-state index contributed by atoms with van der Waals surface area (Å²) < 4.78 is 5.63. The highest BCUT2D eigenvalue weighted by atomic mass is 35.5. The van der Waals surface area contributed by atoms with Gasteiger partial charge in [-0.15, -0.1) is 0 Å². The number of hydrogen-bond acceptors (Lipinski definition) is 3. The van der Waals surface area contributed by atoms with E-state index in [0.29, 0.717) is 17.3 Å². The highest BCUT2D eigenvalue weighted by Gasteiger charge is 2.18. The molecule has 0 aromatic heterocycles. The van der Waals surface area contributed by atoms with Gasteiger partial charge in [0.25, 0.3) is 5.91 Å². The Morgan fingerprint density at radius 1 is 1.33 bits per heavy atom. The molecule has 2 N–H and O–H groups in total. The Morgan fingerprint density at radius 2 is 2.05 bits per heavy atom. The maximum atomic E-state index is 11.9. The molecular formula is C16H25ClN2O2. The van der Waals surface area contributed by atoms with Crippen LogP contribution in [0.1, 0.15) is 39.7 Å². The molecule has 0 aliphatic carbocycles. The van der Waals surface area contributed by atoms with Gasteiger partial charge in [-0.25, -0.2) is 0 Å². The molecule has 0 bridgehead atoms. The van der Waals surface area contributed by atoms with Crippen molar-refractivity contribution in [3.8, 4) is 5.75 Å². The average Bonchev–Trinajstić information content (AvgIpc) is 2.43. The molecule has 1 aromatic rings. The molecule has 0 aliphatic rings. The van der Waals surface area contributed by atoms with E-state index >= 15 is 0 Å². The predicted octanol–water partition coefficient (Wildman–Crippen LogP) is 3.13. The largest absolute Gasteiger partial charge is 0.483 e. The van der Waals surface area contributed by atoms with Crippen molar-refractivity contribution in [3.05, 3.63) is 28.8 Å². The summed E-state index contributed by atoms with van der Waals surface area (Å²) in [6, 6.07) is 5.42. The molecule has 0 unspecified atom stereocenters. The van der Waals surface area contributed by atoms with Gasteiger partial charge < -0.3 is 15.4 Å². The standard InChI is InChI=1S/C16H25ClN2O2/c1-5-16(3,4)19-15(20)11-21-14-8-7-13(17)9-12(14)10-18-6-2/h7-9,18H,5-6,10-11H2,1-4H3,(H,19,20). The fourth-order valence-corrected chi connectivity index (χ4v) is 1.93. The zero-order valence-corrected chi connectivity index (χ0v) is 14.0. The first-order valence-electron chi connectivity index (χ1n) is 7.31. The monoisotopic (exact) mass is 312 g/mol. The number of ether oxygens (including phenoxy) is 1. The molecule has 21 heavy (non-hydrogen) atoms. The molecule has 118 valence electrons. The zero-order chi connectivity index (χ0) is 15.9. The Morgan fingerprint density at radius 3 is 2.67 bits per heavy atom. The maximum absolute atomic E-state index is 11.9. The van der Waals surface area contributed by atoms with Crippen LogP contribution in [0.3, 0.4) is 0 Å². The van der Waals surface area contributed by atoms with Crippen LogP contribution in [0.5, 0.6) is 5.75 Å². The fraction of sp³-hybridized carbons (Fsp3) is 0.562. The molecule has 0 heterocycles. The number of nitrogens with one attached hydrogen (secondary N) is 2. The second-order valence-electron chi connectivity index (χ2n) is 5.61. The molecule has 0 saturated heterocycles. The zero-order valence-electron chi connectivity index (χ0n) is 13.3. The summed E-state index contributed by atoms with van der Waals surface area (Å²) in [5, 5.41) is 6.83. The van der Waals surface area contributed by atoms with Crippen LogP contribution in [-0.2, 0) is 11.3 Å². The van der Waals surface area contributed by atoms with Gasteiger partial charge in [-0.3, -0.25) is 4.79 Å². The van der Waals surface area contributed by atoms with Crippen LogP contribution in [0.2, 0.25) is 5.02 Å². The molecule has 1 amide bonds. The number of rotatable bonds is 8. The maximum Gasteiger partial charge on any atom is 0.258 e. The lowest BCUT2D eigenvalue weighted by molar-refractivity contribution is -0.124. The quantitative estimate of drug-likeness (QED) is 0.775. The number of amides is 1. The Balaban J connectivity index is 2.64. The van der Waals surface area contributed by atoms with Crippen LogP contribution < -0.4 is 15.4 Å². The minimum absolute atomic E-state index is 0.00415. The Labute approximate surface area is 132 Å². The molecular weight excluding hydrogens is 288 g/mol. The molecule has 0 aliphatic heterocycles. The third kappa shape index (κ3) is 6.36. The van der Waals surface area contributed by atoms with E-state index in [1.165, 1.54) is 0 Å². The van der Waals surface area contributed by atoms with E-state index < -0.39 is 0 Å². The average molecular weight is 313 g/mol. The summed E-state index contributed by atoms with van der Waals surface area (Å²) in [6.45, 7) is 9.57. The SMILES string of the molecule is CCNCc1cc(Cl)ccc1OCC(=O)NC(C)(C)CC. The molecule has 1 aromatic carbocycles. The van der Waals surface area contributed by atoms with Crippen molar-refractivity contribution in [1.29, 1.82) is 0 Å². The van der Waals surface area contributed by atoms with Crippen LogP contribution in [0.15, 0.2) is 18.2 Å². The van der Waals surface area contributed by atoms with Crippen LogP contribution >= 0.6 is 11.6 Å². The van der Waals surface area contributed by atoms with Crippen molar-refractivity contribution in [1.82, 2.24) is 10.6 Å². The first kappa shape index (κ1) is 17.8. The highest BCUT2D eigenvalue weighted by molar-refractivity contribution is 6.30. The van der Waals surface area contributed by atoms with E-state index in [2.05, 4.69) is 10.6 Å². The van der Waals surface area contributed by atoms with E-state index in [4.69, 9.17) is 16.3 Å². The summed E-state index contributed by atoms with van der Waals surface area (Å²) in [4.78, 5) is 11.9. The van der Waals surface area contributed by atoms with Crippen LogP contribution in [-0.4, -0.2) is 24.6 Å². The van der Waals surface area contributed by atoms with Crippen LogP contribution in [0.25, 0.3) is 0 Å². The second kappa shape index (κ2) is 8.25. The lowest BCUT2D eigenvalue weighted by atomic mass is 10.0. The predicted molar refractivity (Wildman–Crippen MR) is 86.8 cm³/mol. The number of hydrogen-bond donors (Lipinski definition) is 2. The summed E-state index contributed by atoms with van der Waals surface area (Å²) in [7, 11) is 0. The summed E-state index contributed by atoms with van der Waals surface area (Å²) >= 11 is 6.00. The Kier molecular flexibility index (Phi) is 6.99. The smallest absolute Gasteiger partial charge is 0.258 e. The van der Waals surface area contributed by atoms with E-state index in [0.717, 1.165) is 18.5 Å². The molecule has 0 saturated carbocycles. The normalized spacial score (nSPS) is 11.3. The third-order valence-corrected chi connectivity index (χ3v) is 3.54. The van der Waals surface area contributed by atoms with Crippen LogP contribution in [0.4, 0.5) is 0 Å². The lowest BCUT2D eigenvalue weighted by Gasteiger charge is -2.24. The van der Waals surface area contributed by atoms with Gasteiger partial charge >= 0.3 is 0 Å². The van der Waals surface area contributed by atoms with Crippen molar-refractivity contribution in [3.63, 3.8) is 0 Å². The van der Waals surface area contributed by atoms with Gasteiger partial charge in [-0.2, -0.15) is 0 Å². The van der Waals surface area contributed by atoms with E-state index in [9.17, 15) is 4.79 Å². The summed E-state index contributed by atoms with van der Waals surface area (Å²) in [5.74, 6) is 0.566. The number of halogens is 1. The van der Waals surface area contributed by atoms with Gasteiger partial charge in [-0.1, -0.05) is 25.4 Å². The second-order valence-corrected chi connectivity index (χ2v) is 6.04. The van der Waals surface area contributed by atoms with Crippen molar-refractivity contribution < 1.29 is 9.53 Å². The lowest BCUT2D eigenvalue weighted by Crippen LogP contribution is -2.44. The fourth-order valence-electron chi connectivity index (χ4n) is 1.73. The van der Waals surface area contributed by atoms with Crippen LogP contribution in [0, 0.1) is 0 Å². The van der Waals surface area contributed by atoms with Crippen molar-refractivity contribution in [2.24, 2.45) is 0 Å². The minimum Gasteiger partial charge on any atom is -0.483 e. The Hall–Kier alpha value is -1.26. The molecule has 5 heteroatoms. The molecule has 0 fully saturated rings. The van der Waals surface area contributed by atoms with Gasteiger partial charge in [0.2, 0.25) is 0 Å². The molecule has 0 atom stereocenters. The highest BCUT2D eigenvalue weighted by Crippen LogP contribution is 2.23. The van der Waals surface area contributed by atoms with Gasteiger partial charge in [0.05, 0.1) is 0 Å². The third-order valence-electron chi connectivity index (χ3n) is 3.31. The van der Waals surface area contributed by atoms with Crippen molar-refractivity contribution >= 4 is 17.5 Å². The molecule has 0 radical (unpaired) electrons. The van der Waals surface area contributed by atoms with Crippen molar-refractivity contribution in [2.75, 3.05) is 13.2 Å².